The highest BCUT2D eigenvalue weighted by molar-refractivity contribution is 5.83. The number of rotatable bonds is 8. The van der Waals surface area contributed by atoms with Crippen molar-refractivity contribution in [2.45, 2.75) is 38.8 Å². The van der Waals surface area contributed by atoms with E-state index in [-0.39, 0.29) is 13.2 Å². The number of hydrogen-bond donors (Lipinski definition) is 3. The van der Waals surface area contributed by atoms with Crippen LogP contribution in [0.3, 0.4) is 0 Å². The smallest absolute Gasteiger partial charge is 0.237 e. The van der Waals surface area contributed by atoms with Crippen LogP contribution in [0.4, 0.5) is 0 Å². The first-order valence-electron chi connectivity index (χ1n) is 6.80. The molecule has 1 aromatic carbocycles. The summed E-state index contributed by atoms with van der Waals surface area (Å²) in [6.45, 7) is 5.82. The van der Waals surface area contributed by atoms with E-state index in [1.165, 1.54) is 5.56 Å². The number of hydrogen-bond acceptors (Lipinski definition) is 4. The number of primary amides is 1. The Hall–Kier alpha value is -1.59. The summed E-state index contributed by atoms with van der Waals surface area (Å²) >= 11 is 0. The molecule has 0 heterocycles. The van der Waals surface area contributed by atoms with Gasteiger partial charge in [0.25, 0.3) is 0 Å². The highest BCUT2D eigenvalue weighted by Crippen LogP contribution is 2.13. The third-order valence-electron chi connectivity index (χ3n) is 3.14. The predicted octanol–water partition coefficient (Wildman–Crippen LogP) is 0.842. The average molecular weight is 280 g/mol. The normalized spacial score (nSPS) is 13.0. The zero-order valence-electron chi connectivity index (χ0n) is 12.3. The Labute approximate surface area is 120 Å². The van der Waals surface area contributed by atoms with Crippen molar-refractivity contribution in [3.63, 3.8) is 0 Å². The van der Waals surface area contributed by atoms with Crippen LogP contribution in [0.25, 0.3) is 0 Å². The Morgan fingerprint density at radius 3 is 2.80 bits per heavy atom. The zero-order chi connectivity index (χ0) is 15.2. The lowest BCUT2D eigenvalue weighted by Gasteiger charge is -2.24. The molecule has 1 aromatic rings. The number of nitrogens with one attached hydrogen (secondary N) is 1. The lowest BCUT2D eigenvalue weighted by molar-refractivity contribution is -0.123. The highest BCUT2D eigenvalue weighted by Gasteiger charge is 2.24. The molecule has 1 unspecified atom stereocenters. The van der Waals surface area contributed by atoms with Crippen LogP contribution in [0.2, 0.25) is 0 Å². The summed E-state index contributed by atoms with van der Waals surface area (Å²) in [4.78, 5) is 11.1. The fourth-order valence-electron chi connectivity index (χ4n) is 1.57. The third kappa shape index (κ3) is 5.19. The van der Waals surface area contributed by atoms with Gasteiger partial charge >= 0.3 is 0 Å². The molecule has 0 radical (unpaired) electrons. The van der Waals surface area contributed by atoms with E-state index in [0.29, 0.717) is 0 Å². The van der Waals surface area contributed by atoms with Crippen LogP contribution < -0.4 is 15.8 Å². The van der Waals surface area contributed by atoms with Crippen molar-refractivity contribution in [1.29, 1.82) is 0 Å². The summed E-state index contributed by atoms with van der Waals surface area (Å²) in [5.41, 5.74) is 5.58. The number of aliphatic hydroxyl groups is 1. The van der Waals surface area contributed by atoms with E-state index in [1.54, 1.807) is 13.8 Å². The molecule has 5 heteroatoms. The number of carbonyl (C=O) groups is 1. The Morgan fingerprint density at radius 2 is 2.20 bits per heavy atom. The Balaban J connectivity index is 2.39. The van der Waals surface area contributed by atoms with Crippen LogP contribution in [-0.2, 0) is 11.2 Å². The van der Waals surface area contributed by atoms with Crippen LogP contribution >= 0.6 is 0 Å². The first kappa shape index (κ1) is 16.5. The molecule has 0 saturated heterocycles. The van der Waals surface area contributed by atoms with E-state index < -0.39 is 17.6 Å². The molecule has 0 aliphatic heterocycles. The summed E-state index contributed by atoms with van der Waals surface area (Å²) < 4.78 is 5.53. The third-order valence-corrected chi connectivity index (χ3v) is 3.14. The standard InChI is InChI=1S/C15H24N2O3/c1-4-11-6-5-7-13(8-11)20-10-12(18)9-17-15(2,3)14(16)19/h5-8,12,17-18H,4,9-10H2,1-3H3,(H2,16,19). The molecule has 0 spiro atoms. The maximum absolute atomic E-state index is 11.1. The van der Waals surface area contributed by atoms with Gasteiger partial charge in [-0.25, -0.2) is 0 Å². The van der Waals surface area contributed by atoms with E-state index in [4.69, 9.17) is 10.5 Å². The molecular weight excluding hydrogens is 256 g/mol. The molecule has 0 fully saturated rings. The van der Waals surface area contributed by atoms with Gasteiger partial charge in [-0.1, -0.05) is 19.1 Å². The van der Waals surface area contributed by atoms with E-state index in [2.05, 4.69) is 12.2 Å². The van der Waals surface area contributed by atoms with E-state index in [9.17, 15) is 9.90 Å². The number of ether oxygens (including phenoxy) is 1. The van der Waals surface area contributed by atoms with Gasteiger partial charge in [0.1, 0.15) is 18.5 Å². The van der Waals surface area contributed by atoms with Crippen molar-refractivity contribution in [1.82, 2.24) is 5.32 Å². The second kappa shape index (κ2) is 7.26. The summed E-state index contributed by atoms with van der Waals surface area (Å²) in [6.07, 6.45) is 0.229. The van der Waals surface area contributed by atoms with E-state index in [1.807, 2.05) is 24.3 Å². The van der Waals surface area contributed by atoms with Crippen LogP contribution in [0.15, 0.2) is 24.3 Å². The lowest BCUT2D eigenvalue weighted by Crippen LogP contribution is -2.53. The number of carbonyl (C=O) groups excluding carboxylic acids is 1. The predicted molar refractivity (Wildman–Crippen MR) is 78.6 cm³/mol. The van der Waals surface area contributed by atoms with Crippen molar-refractivity contribution in [3.8, 4) is 5.75 Å². The SMILES string of the molecule is CCc1cccc(OCC(O)CNC(C)(C)C(N)=O)c1. The second-order valence-electron chi connectivity index (χ2n) is 5.34. The van der Waals surface area contributed by atoms with Gasteiger partial charge in [0.2, 0.25) is 5.91 Å². The molecule has 1 atom stereocenters. The van der Waals surface area contributed by atoms with Crippen LogP contribution in [-0.4, -0.2) is 35.8 Å². The van der Waals surface area contributed by atoms with E-state index in [0.717, 1.165) is 12.2 Å². The molecule has 5 nitrogen and oxygen atoms in total. The minimum atomic E-state index is -0.844. The summed E-state index contributed by atoms with van der Waals surface area (Å²) in [7, 11) is 0. The quantitative estimate of drug-likeness (QED) is 0.659. The summed E-state index contributed by atoms with van der Waals surface area (Å²) in [5.74, 6) is 0.277. The van der Waals surface area contributed by atoms with Crippen molar-refractivity contribution >= 4 is 5.91 Å². The first-order valence-corrected chi connectivity index (χ1v) is 6.80. The van der Waals surface area contributed by atoms with Crippen molar-refractivity contribution < 1.29 is 14.6 Å². The Morgan fingerprint density at radius 1 is 1.50 bits per heavy atom. The summed E-state index contributed by atoms with van der Waals surface area (Å²) in [5, 5.41) is 12.8. The molecule has 112 valence electrons. The Bertz CT molecular complexity index is 446. The fraction of sp³-hybridized carbons (Fsp3) is 0.533. The van der Waals surface area contributed by atoms with Crippen LogP contribution in [0.5, 0.6) is 5.75 Å². The number of benzene rings is 1. The van der Waals surface area contributed by atoms with Crippen LogP contribution in [0, 0.1) is 0 Å². The van der Waals surface area contributed by atoms with Crippen molar-refractivity contribution in [3.05, 3.63) is 29.8 Å². The topological polar surface area (TPSA) is 84.6 Å². The molecule has 20 heavy (non-hydrogen) atoms. The van der Waals surface area contributed by atoms with Crippen molar-refractivity contribution in [2.24, 2.45) is 5.73 Å². The first-order chi connectivity index (χ1) is 9.35. The molecule has 1 rings (SSSR count). The fourth-order valence-corrected chi connectivity index (χ4v) is 1.57. The van der Waals surface area contributed by atoms with Gasteiger partial charge in [0.05, 0.1) is 5.54 Å². The van der Waals surface area contributed by atoms with Gasteiger partial charge in [-0.15, -0.1) is 0 Å². The molecular formula is C15H24N2O3. The van der Waals surface area contributed by atoms with Gasteiger partial charge in [-0.3, -0.25) is 4.79 Å². The lowest BCUT2D eigenvalue weighted by atomic mass is 10.1. The van der Waals surface area contributed by atoms with Gasteiger partial charge in [0.15, 0.2) is 0 Å². The molecule has 0 saturated carbocycles. The molecule has 1 amide bonds. The minimum Gasteiger partial charge on any atom is -0.491 e. The summed E-state index contributed by atoms with van der Waals surface area (Å²) in [6, 6.07) is 7.76. The number of nitrogens with two attached hydrogens (primary N) is 1. The van der Waals surface area contributed by atoms with Gasteiger partial charge in [-0.05, 0) is 38.0 Å². The van der Waals surface area contributed by atoms with E-state index >= 15 is 0 Å². The second-order valence-corrected chi connectivity index (χ2v) is 5.34. The van der Waals surface area contributed by atoms with Gasteiger partial charge in [-0.2, -0.15) is 0 Å². The number of amides is 1. The highest BCUT2D eigenvalue weighted by atomic mass is 16.5. The molecule has 0 aliphatic carbocycles. The number of aryl methyl sites for hydroxylation is 1. The van der Waals surface area contributed by atoms with Gasteiger partial charge < -0.3 is 20.9 Å². The van der Waals surface area contributed by atoms with Crippen molar-refractivity contribution in [2.75, 3.05) is 13.2 Å². The van der Waals surface area contributed by atoms with Crippen LogP contribution in [0.1, 0.15) is 26.3 Å². The Kier molecular flexibility index (Phi) is 5.98. The maximum Gasteiger partial charge on any atom is 0.237 e. The minimum absolute atomic E-state index is 0.162. The molecule has 0 aliphatic rings. The number of aliphatic hydroxyl groups excluding tert-OH is 1. The average Bonchev–Trinajstić information content (AvgIpc) is 2.43. The monoisotopic (exact) mass is 280 g/mol. The van der Waals surface area contributed by atoms with Gasteiger partial charge in [0, 0.05) is 6.54 Å². The maximum atomic E-state index is 11.1. The molecule has 0 aromatic heterocycles. The molecule has 4 N–H and O–H groups in total. The largest absolute Gasteiger partial charge is 0.491 e. The molecule has 0 bridgehead atoms. The zero-order valence-corrected chi connectivity index (χ0v) is 12.3. The number of β-amino-alcohol motifs (C(OH)–C–C–N with tert-alkyl or cyclic N) is 1.